The summed E-state index contributed by atoms with van der Waals surface area (Å²) in [6, 6.07) is 5.47. The summed E-state index contributed by atoms with van der Waals surface area (Å²) < 4.78 is 15.7. The van der Waals surface area contributed by atoms with Crippen molar-refractivity contribution in [2.45, 2.75) is 20.3 Å². The molecule has 1 aromatic carbocycles. The second-order valence-corrected chi connectivity index (χ2v) is 6.70. The number of rotatable bonds is 6. The lowest BCUT2D eigenvalue weighted by Crippen LogP contribution is -2.51. The molecule has 0 spiro atoms. The van der Waals surface area contributed by atoms with Crippen LogP contribution >= 0.6 is 0 Å². The van der Waals surface area contributed by atoms with Crippen LogP contribution in [0.2, 0.25) is 0 Å². The molecule has 144 valence electrons. The van der Waals surface area contributed by atoms with Crippen LogP contribution in [0.5, 0.6) is 11.5 Å². The van der Waals surface area contributed by atoms with Crippen molar-refractivity contribution in [1.29, 1.82) is 0 Å². The van der Waals surface area contributed by atoms with Gasteiger partial charge in [0.25, 0.3) is 0 Å². The van der Waals surface area contributed by atoms with Crippen LogP contribution in [0.4, 0.5) is 4.79 Å². The quantitative estimate of drug-likeness (QED) is 0.774. The first kappa shape index (κ1) is 19.9. The Hall–Kier alpha value is -2.44. The van der Waals surface area contributed by atoms with Gasteiger partial charge in [0.05, 0.1) is 27.2 Å². The molecule has 7 heteroatoms. The highest BCUT2D eigenvalue weighted by molar-refractivity contribution is 5.79. The third-order valence-electron chi connectivity index (χ3n) is 4.23. The van der Waals surface area contributed by atoms with Crippen LogP contribution in [0.25, 0.3) is 0 Å². The van der Waals surface area contributed by atoms with Gasteiger partial charge < -0.3 is 24.0 Å². The predicted molar refractivity (Wildman–Crippen MR) is 97.6 cm³/mol. The molecule has 1 aliphatic heterocycles. The van der Waals surface area contributed by atoms with Crippen LogP contribution in [0.15, 0.2) is 18.2 Å². The van der Waals surface area contributed by atoms with E-state index in [2.05, 4.69) is 0 Å². The van der Waals surface area contributed by atoms with E-state index in [-0.39, 0.29) is 18.4 Å². The van der Waals surface area contributed by atoms with E-state index < -0.39 is 0 Å². The van der Waals surface area contributed by atoms with Crippen molar-refractivity contribution in [3.8, 4) is 11.5 Å². The van der Waals surface area contributed by atoms with E-state index in [9.17, 15) is 9.59 Å². The van der Waals surface area contributed by atoms with Crippen LogP contribution < -0.4 is 9.47 Å². The highest BCUT2D eigenvalue weighted by Crippen LogP contribution is 2.27. The maximum absolute atomic E-state index is 12.5. The third-order valence-corrected chi connectivity index (χ3v) is 4.23. The largest absolute Gasteiger partial charge is 0.493 e. The zero-order chi connectivity index (χ0) is 19.1. The fourth-order valence-corrected chi connectivity index (χ4v) is 2.74. The van der Waals surface area contributed by atoms with Crippen molar-refractivity contribution >= 4 is 12.0 Å². The van der Waals surface area contributed by atoms with E-state index in [4.69, 9.17) is 14.2 Å². The smallest absolute Gasteiger partial charge is 0.409 e. The second-order valence-electron chi connectivity index (χ2n) is 6.70. The lowest BCUT2D eigenvalue weighted by molar-refractivity contribution is -0.132. The van der Waals surface area contributed by atoms with Gasteiger partial charge in [-0.3, -0.25) is 4.79 Å². The van der Waals surface area contributed by atoms with Gasteiger partial charge in [-0.25, -0.2) is 4.79 Å². The molecular formula is C19H28N2O5. The third kappa shape index (κ3) is 5.28. The van der Waals surface area contributed by atoms with E-state index in [1.165, 1.54) is 0 Å². The number of benzene rings is 1. The molecule has 7 nitrogen and oxygen atoms in total. The van der Waals surface area contributed by atoms with E-state index >= 15 is 0 Å². The van der Waals surface area contributed by atoms with Crippen molar-refractivity contribution in [2.24, 2.45) is 5.92 Å². The minimum atomic E-state index is -0.300. The zero-order valence-electron chi connectivity index (χ0n) is 16.0. The van der Waals surface area contributed by atoms with Crippen LogP contribution in [-0.2, 0) is 16.0 Å². The van der Waals surface area contributed by atoms with E-state index in [0.29, 0.717) is 50.2 Å². The molecule has 1 saturated heterocycles. The highest BCUT2D eigenvalue weighted by atomic mass is 16.6. The number of carbonyl (C=O) groups excluding carboxylic acids is 2. The van der Waals surface area contributed by atoms with Gasteiger partial charge in [-0.2, -0.15) is 0 Å². The molecule has 1 aromatic rings. The molecule has 2 rings (SSSR count). The summed E-state index contributed by atoms with van der Waals surface area (Å²) in [6.45, 7) is 6.43. The lowest BCUT2D eigenvalue weighted by atomic mass is 10.1. The van der Waals surface area contributed by atoms with Gasteiger partial charge in [0.2, 0.25) is 5.91 Å². The monoisotopic (exact) mass is 364 g/mol. The normalized spacial score (nSPS) is 14.3. The molecule has 0 radical (unpaired) electrons. The van der Waals surface area contributed by atoms with Gasteiger partial charge in [-0.15, -0.1) is 0 Å². The van der Waals surface area contributed by atoms with Crippen molar-refractivity contribution in [3.63, 3.8) is 0 Å². The Morgan fingerprint density at radius 3 is 2.19 bits per heavy atom. The summed E-state index contributed by atoms with van der Waals surface area (Å²) in [5.41, 5.74) is 0.867. The number of ether oxygens (including phenoxy) is 3. The molecule has 0 unspecified atom stereocenters. The summed E-state index contributed by atoms with van der Waals surface area (Å²) in [4.78, 5) is 27.9. The zero-order valence-corrected chi connectivity index (χ0v) is 16.0. The molecule has 0 aliphatic carbocycles. The molecular weight excluding hydrogens is 336 g/mol. The van der Waals surface area contributed by atoms with Crippen LogP contribution in [0, 0.1) is 5.92 Å². The topological polar surface area (TPSA) is 68.3 Å². The summed E-state index contributed by atoms with van der Waals surface area (Å²) in [7, 11) is 3.15. The number of amides is 2. The minimum absolute atomic E-state index is 0.0346. The molecule has 2 amide bonds. The number of nitrogens with zero attached hydrogens (tertiary/aromatic N) is 2. The first-order chi connectivity index (χ1) is 12.4. The van der Waals surface area contributed by atoms with Crippen molar-refractivity contribution in [2.75, 3.05) is 47.0 Å². The fraction of sp³-hybridized carbons (Fsp3) is 0.579. The number of piperazine rings is 1. The number of hydrogen-bond donors (Lipinski definition) is 0. The van der Waals surface area contributed by atoms with Gasteiger partial charge in [0.1, 0.15) is 0 Å². The van der Waals surface area contributed by atoms with Gasteiger partial charge in [0, 0.05) is 26.2 Å². The summed E-state index contributed by atoms with van der Waals surface area (Å²) in [5, 5.41) is 0. The molecule has 1 heterocycles. The van der Waals surface area contributed by atoms with E-state index in [0.717, 1.165) is 5.56 Å². The number of methoxy groups -OCH3 is 2. The molecule has 0 aromatic heterocycles. The first-order valence-electron chi connectivity index (χ1n) is 8.85. The molecule has 0 N–H and O–H groups in total. The van der Waals surface area contributed by atoms with Crippen LogP contribution in [0.3, 0.4) is 0 Å². The standard InChI is InChI=1S/C19H28N2O5/c1-14(2)13-26-19(23)21-9-7-20(8-10-21)18(22)12-15-5-6-16(24-3)17(11-15)25-4/h5-6,11,14H,7-10,12-13H2,1-4H3. The Balaban J connectivity index is 1.86. The Morgan fingerprint density at radius 1 is 1.00 bits per heavy atom. The second kappa shape index (κ2) is 9.31. The Bertz CT molecular complexity index is 624. The van der Waals surface area contributed by atoms with Crippen LogP contribution in [0.1, 0.15) is 19.4 Å². The molecule has 26 heavy (non-hydrogen) atoms. The number of hydrogen-bond acceptors (Lipinski definition) is 5. The summed E-state index contributed by atoms with van der Waals surface area (Å²) in [5.74, 6) is 1.59. The van der Waals surface area contributed by atoms with Gasteiger partial charge >= 0.3 is 6.09 Å². The maximum atomic E-state index is 12.5. The number of carbonyl (C=O) groups is 2. The Morgan fingerprint density at radius 2 is 1.62 bits per heavy atom. The fourth-order valence-electron chi connectivity index (χ4n) is 2.74. The van der Waals surface area contributed by atoms with Gasteiger partial charge in [0.15, 0.2) is 11.5 Å². The van der Waals surface area contributed by atoms with Gasteiger partial charge in [-0.05, 0) is 23.6 Å². The molecule has 0 atom stereocenters. The first-order valence-corrected chi connectivity index (χ1v) is 8.85. The highest BCUT2D eigenvalue weighted by Gasteiger charge is 2.25. The average molecular weight is 364 g/mol. The Kier molecular flexibility index (Phi) is 7.12. The lowest BCUT2D eigenvalue weighted by Gasteiger charge is -2.34. The van der Waals surface area contributed by atoms with Crippen LogP contribution in [-0.4, -0.2) is 68.8 Å². The maximum Gasteiger partial charge on any atom is 0.409 e. The van der Waals surface area contributed by atoms with E-state index in [1.807, 2.05) is 26.0 Å². The predicted octanol–water partition coefficient (Wildman–Crippen LogP) is 2.18. The summed E-state index contributed by atoms with van der Waals surface area (Å²) in [6.07, 6.45) is -0.0105. The average Bonchev–Trinajstić information content (AvgIpc) is 2.65. The van der Waals surface area contributed by atoms with Crippen molar-refractivity contribution in [1.82, 2.24) is 9.80 Å². The summed E-state index contributed by atoms with van der Waals surface area (Å²) >= 11 is 0. The Labute approximate surface area is 154 Å². The molecule has 1 fully saturated rings. The molecule has 0 saturated carbocycles. The van der Waals surface area contributed by atoms with Gasteiger partial charge in [-0.1, -0.05) is 19.9 Å². The van der Waals surface area contributed by atoms with Crippen molar-refractivity contribution < 1.29 is 23.8 Å². The van der Waals surface area contributed by atoms with Crippen molar-refractivity contribution in [3.05, 3.63) is 23.8 Å². The minimum Gasteiger partial charge on any atom is -0.493 e. The molecule has 1 aliphatic rings. The SMILES string of the molecule is COc1ccc(CC(=O)N2CCN(C(=O)OCC(C)C)CC2)cc1OC. The molecule has 0 bridgehead atoms. The van der Waals surface area contributed by atoms with E-state index in [1.54, 1.807) is 30.1 Å².